The van der Waals surface area contributed by atoms with Crippen LogP contribution in [-0.4, -0.2) is 38.1 Å². The Hall–Kier alpha value is -0.0800. The summed E-state index contributed by atoms with van der Waals surface area (Å²) in [5.74, 6) is 0. The Kier molecular flexibility index (Phi) is 9.42. The Morgan fingerprint density at radius 1 is 1.14 bits per heavy atom. The molecule has 1 atom stereocenters. The summed E-state index contributed by atoms with van der Waals surface area (Å²) in [5, 5.41) is 3.57. The molecule has 2 nitrogen and oxygen atoms in total. The van der Waals surface area contributed by atoms with Gasteiger partial charge in [0.2, 0.25) is 0 Å². The molecule has 0 heterocycles. The summed E-state index contributed by atoms with van der Waals surface area (Å²) < 4.78 is 0. The second-order valence-electron chi connectivity index (χ2n) is 4.51. The fourth-order valence-corrected chi connectivity index (χ4v) is 1.55. The van der Waals surface area contributed by atoms with E-state index in [1.54, 1.807) is 0 Å². The molecule has 0 aromatic rings. The first-order valence-electron chi connectivity index (χ1n) is 6.05. The van der Waals surface area contributed by atoms with Gasteiger partial charge in [-0.05, 0) is 47.0 Å². The van der Waals surface area contributed by atoms with Crippen LogP contribution in [0.1, 0.15) is 46.0 Å². The lowest BCUT2D eigenvalue weighted by molar-refractivity contribution is 0.384. The van der Waals surface area contributed by atoms with Crippen molar-refractivity contribution in [3.63, 3.8) is 0 Å². The van der Waals surface area contributed by atoms with E-state index in [0.717, 1.165) is 6.54 Å². The zero-order valence-electron chi connectivity index (χ0n) is 10.5. The highest BCUT2D eigenvalue weighted by Gasteiger charge is 1.99. The first kappa shape index (κ1) is 13.9. The van der Waals surface area contributed by atoms with Crippen molar-refractivity contribution >= 4 is 0 Å². The Balaban J connectivity index is 3.14. The fraction of sp³-hybridized carbons (Fsp3) is 1.00. The lowest BCUT2D eigenvalue weighted by atomic mass is 10.1. The van der Waals surface area contributed by atoms with Crippen LogP contribution in [0, 0.1) is 0 Å². The van der Waals surface area contributed by atoms with Crippen molar-refractivity contribution in [1.29, 1.82) is 0 Å². The minimum atomic E-state index is 0.698. The van der Waals surface area contributed by atoms with Crippen LogP contribution in [0.15, 0.2) is 0 Å². The van der Waals surface area contributed by atoms with Gasteiger partial charge in [0.05, 0.1) is 0 Å². The summed E-state index contributed by atoms with van der Waals surface area (Å²) in [5.41, 5.74) is 0. The number of rotatable bonds is 9. The maximum absolute atomic E-state index is 3.57. The molecule has 0 saturated heterocycles. The zero-order valence-corrected chi connectivity index (χ0v) is 10.5. The molecule has 0 aliphatic heterocycles. The van der Waals surface area contributed by atoms with Gasteiger partial charge in [0.1, 0.15) is 0 Å². The summed E-state index contributed by atoms with van der Waals surface area (Å²) in [6.07, 6.45) is 6.66. The molecule has 0 aromatic heterocycles. The van der Waals surface area contributed by atoms with Crippen molar-refractivity contribution in [3.05, 3.63) is 0 Å². The Bertz CT molecular complexity index is 113. The first-order chi connectivity index (χ1) is 6.66. The molecule has 2 heteroatoms. The topological polar surface area (TPSA) is 15.3 Å². The second kappa shape index (κ2) is 9.47. The zero-order chi connectivity index (χ0) is 10.8. The predicted octanol–water partition coefficient (Wildman–Crippen LogP) is 2.50. The van der Waals surface area contributed by atoms with E-state index in [0.29, 0.717) is 6.04 Å². The minimum absolute atomic E-state index is 0.698. The van der Waals surface area contributed by atoms with E-state index in [1.807, 2.05) is 0 Å². The third kappa shape index (κ3) is 10.0. The van der Waals surface area contributed by atoms with E-state index in [-0.39, 0.29) is 0 Å². The van der Waals surface area contributed by atoms with Crippen molar-refractivity contribution in [3.8, 4) is 0 Å². The van der Waals surface area contributed by atoms with Crippen molar-refractivity contribution in [2.24, 2.45) is 0 Å². The van der Waals surface area contributed by atoms with Crippen molar-refractivity contribution in [2.45, 2.75) is 52.0 Å². The SMILES string of the molecule is CCCCC[C@@H](C)NCCCN(C)C. The monoisotopic (exact) mass is 200 g/mol. The molecule has 14 heavy (non-hydrogen) atoms. The van der Waals surface area contributed by atoms with E-state index in [9.17, 15) is 0 Å². The Morgan fingerprint density at radius 2 is 1.86 bits per heavy atom. The molecule has 0 saturated carbocycles. The third-order valence-corrected chi connectivity index (χ3v) is 2.52. The molecule has 0 fully saturated rings. The molecule has 0 radical (unpaired) electrons. The molecular weight excluding hydrogens is 172 g/mol. The standard InChI is InChI=1S/C12H28N2/c1-5-6-7-9-12(2)13-10-8-11-14(3)4/h12-13H,5-11H2,1-4H3/t12-/m1/s1. The van der Waals surface area contributed by atoms with E-state index in [1.165, 1.54) is 38.6 Å². The fourth-order valence-electron chi connectivity index (χ4n) is 1.55. The van der Waals surface area contributed by atoms with Gasteiger partial charge in [-0.3, -0.25) is 0 Å². The van der Waals surface area contributed by atoms with Crippen LogP contribution in [0.5, 0.6) is 0 Å². The van der Waals surface area contributed by atoms with Gasteiger partial charge in [0.15, 0.2) is 0 Å². The van der Waals surface area contributed by atoms with Gasteiger partial charge in [0.25, 0.3) is 0 Å². The first-order valence-corrected chi connectivity index (χ1v) is 6.05. The molecular formula is C12H28N2. The number of hydrogen-bond donors (Lipinski definition) is 1. The summed E-state index contributed by atoms with van der Waals surface area (Å²) in [7, 11) is 4.26. The number of hydrogen-bond acceptors (Lipinski definition) is 2. The predicted molar refractivity (Wildman–Crippen MR) is 64.8 cm³/mol. The molecule has 1 N–H and O–H groups in total. The van der Waals surface area contributed by atoms with Gasteiger partial charge in [-0.15, -0.1) is 0 Å². The molecule has 0 rings (SSSR count). The normalized spacial score (nSPS) is 13.5. The second-order valence-corrected chi connectivity index (χ2v) is 4.51. The maximum atomic E-state index is 3.57. The molecule has 0 aliphatic rings. The van der Waals surface area contributed by atoms with Crippen molar-refractivity contribution in [2.75, 3.05) is 27.2 Å². The highest BCUT2D eigenvalue weighted by molar-refractivity contribution is 4.61. The molecule has 0 aliphatic carbocycles. The van der Waals surface area contributed by atoms with E-state index >= 15 is 0 Å². The van der Waals surface area contributed by atoms with Crippen LogP contribution in [0.2, 0.25) is 0 Å². The number of nitrogens with zero attached hydrogens (tertiary/aromatic N) is 1. The molecule has 0 amide bonds. The average molecular weight is 200 g/mol. The molecule has 86 valence electrons. The van der Waals surface area contributed by atoms with Gasteiger partial charge in [-0.1, -0.05) is 26.2 Å². The van der Waals surface area contributed by atoms with Crippen LogP contribution in [-0.2, 0) is 0 Å². The smallest absolute Gasteiger partial charge is 0.00387 e. The highest BCUT2D eigenvalue weighted by Crippen LogP contribution is 2.02. The average Bonchev–Trinajstić information content (AvgIpc) is 2.13. The van der Waals surface area contributed by atoms with Crippen LogP contribution >= 0.6 is 0 Å². The van der Waals surface area contributed by atoms with Gasteiger partial charge in [-0.25, -0.2) is 0 Å². The molecule has 0 bridgehead atoms. The van der Waals surface area contributed by atoms with Crippen LogP contribution in [0.25, 0.3) is 0 Å². The van der Waals surface area contributed by atoms with Gasteiger partial charge in [0, 0.05) is 6.04 Å². The lowest BCUT2D eigenvalue weighted by Gasteiger charge is -2.14. The Labute approximate surface area is 90.1 Å². The molecule has 0 unspecified atom stereocenters. The van der Waals surface area contributed by atoms with Crippen LogP contribution < -0.4 is 5.32 Å². The van der Waals surface area contributed by atoms with Gasteiger partial charge >= 0.3 is 0 Å². The minimum Gasteiger partial charge on any atom is -0.314 e. The Morgan fingerprint density at radius 3 is 2.43 bits per heavy atom. The number of nitrogens with one attached hydrogen (secondary N) is 1. The highest BCUT2D eigenvalue weighted by atomic mass is 15.1. The summed E-state index contributed by atoms with van der Waals surface area (Å²) in [4.78, 5) is 2.24. The quantitative estimate of drug-likeness (QED) is 0.575. The van der Waals surface area contributed by atoms with E-state index < -0.39 is 0 Å². The molecule has 0 spiro atoms. The molecule has 0 aromatic carbocycles. The van der Waals surface area contributed by atoms with Gasteiger partial charge < -0.3 is 10.2 Å². The largest absolute Gasteiger partial charge is 0.314 e. The van der Waals surface area contributed by atoms with Crippen LogP contribution in [0.4, 0.5) is 0 Å². The summed E-state index contributed by atoms with van der Waals surface area (Å²) in [6.45, 7) is 6.90. The van der Waals surface area contributed by atoms with Crippen molar-refractivity contribution in [1.82, 2.24) is 10.2 Å². The number of unbranched alkanes of at least 4 members (excludes halogenated alkanes) is 2. The summed E-state index contributed by atoms with van der Waals surface area (Å²) >= 11 is 0. The van der Waals surface area contributed by atoms with E-state index in [4.69, 9.17) is 0 Å². The van der Waals surface area contributed by atoms with Gasteiger partial charge in [-0.2, -0.15) is 0 Å². The van der Waals surface area contributed by atoms with Crippen molar-refractivity contribution < 1.29 is 0 Å². The lowest BCUT2D eigenvalue weighted by Crippen LogP contribution is -2.29. The third-order valence-electron chi connectivity index (χ3n) is 2.52. The van der Waals surface area contributed by atoms with Crippen LogP contribution in [0.3, 0.4) is 0 Å². The van der Waals surface area contributed by atoms with E-state index in [2.05, 4.69) is 38.2 Å². The maximum Gasteiger partial charge on any atom is 0.00387 e. The summed E-state index contributed by atoms with van der Waals surface area (Å²) in [6, 6.07) is 0.698.